The Morgan fingerprint density at radius 2 is 1.59 bits per heavy atom. The van der Waals surface area contributed by atoms with E-state index >= 15 is 0 Å². The number of halogens is 5. The highest BCUT2D eigenvalue weighted by Gasteiger charge is 2.37. The van der Waals surface area contributed by atoms with Crippen LogP contribution in [0, 0.1) is 22.7 Å². The van der Waals surface area contributed by atoms with Crippen LogP contribution < -0.4 is 4.90 Å². The second-order valence-electron chi connectivity index (χ2n) is 5.70. The zero-order chi connectivity index (χ0) is 24.2. The molecule has 2 rings (SSSR count). The molecule has 0 radical (unpaired) electrons. The maximum absolute atomic E-state index is 13.1. The third-order valence-electron chi connectivity index (χ3n) is 3.75. The molecule has 0 saturated carbocycles. The van der Waals surface area contributed by atoms with E-state index in [0.29, 0.717) is 16.8 Å². The highest BCUT2D eigenvalue weighted by molar-refractivity contribution is 6.38. The van der Waals surface area contributed by atoms with Gasteiger partial charge in [0.25, 0.3) is 0 Å². The molecule has 14 heteroatoms. The number of rotatable bonds is 4. The number of nitriles is 2. The summed E-state index contributed by atoms with van der Waals surface area (Å²) in [6, 6.07) is 4.29. The van der Waals surface area contributed by atoms with Crippen molar-refractivity contribution < 1.29 is 32.2 Å². The molecular weight excluding hydrogens is 478 g/mol. The van der Waals surface area contributed by atoms with Gasteiger partial charge in [-0.2, -0.15) is 33.7 Å². The van der Waals surface area contributed by atoms with E-state index in [-0.39, 0.29) is 18.1 Å². The monoisotopic (exact) mass is 489 g/mol. The molecule has 1 heterocycles. The minimum Gasteiger partial charge on any atom is -0.449 e. The summed E-state index contributed by atoms with van der Waals surface area (Å²) in [6.45, 7) is 2.51. The van der Waals surface area contributed by atoms with Crippen molar-refractivity contribution in [1.29, 1.82) is 10.5 Å². The van der Waals surface area contributed by atoms with Crippen LogP contribution in [0.5, 0.6) is 0 Å². The molecule has 0 aliphatic heterocycles. The summed E-state index contributed by atoms with van der Waals surface area (Å²) < 4.78 is 49.6. The molecule has 2 amide bonds. The van der Waals surface area contributed by atoms with Crippen LogP contribution in [-0.4, -0.2) is 35.2 Å². The number of anilines is 1. The van der Waals surface area contributed by atoms with Crippen molar-refractivity contribution in [2.75, 3.05) is 18.1 Å². The van der Waals surface area contributed by atoms with E-state index in [1.807, 2.05) is 0 Å². The van der Waals surface area contributed by atoms with E-state index in [9.17, 15) is 33.3 Å². The second-order valence-corrected chi connectivity index (χ2v) is 6.52. The number of aromatic nitrogens is 2. The lowest BCUT2D eigenvalue weighted by Gasteiger charge is -2.21. The Kier molecular flexibility index (Phi) is 7.56. The summed E-state index contributed by atoms with van der Waals surface area (Å²) in [5.74, 6) is -0.649. The quantitative estimate of drug-likeness (QED) is 0.587. The highest BCUT2D eigenvalue weighted by Crippen LogP contribution is 2.40. The number of amides is 2. The van der Waals surface area contributed by atoms with Crippen LogP contribution in [0.2, 0.25) is 10.0 Å². The van der Waals surface area contributed by atoms with Gasteiger partial charge in [0, 0.05) is 0 Å². The van der Waals surface area contributed by atoms with E-state index in [2.05, 4.69) is 5.10 Å². The Balaban J connectivity index is 2.92. The maximum Gasteiger partial charge on any atom is 0.425 e. The molecule has 32 heavy (non-hydrogen) atoms. The fourth-order valence-electron chi connectivity index (χ4n) is 2.51. The van der Waals surface area contributed by atoms with Gasteiger partial charge in [-0.1, -0.05) is 23.2 Å². The van der Waals surface area contributed by atoms with Gasteiger partial charge in [0.05, 0.1) is 28.8 Å². The molecule has 0 spiro atoms. The molecule has 0 aliphatic rings. The SMILES string of the molecule is CCOC(=O)N(C(=O)OCC)c1c(C#N)c(C#N)nn1-c1c(Cl)cc(C(F)(F)F)cc1Cl. The molecule has 0 aliphatic carbocycles. The van der Waals surface area contributed by atoms with Crippen molar-refractivity contribution in [3.05, 3.63) is 39.0 Å². The molecule has 1 aromatic heterocycles. The molecule has 0 fully saturated rings. The number of hydrogen-bond donors (Lipinski definition) is 0. The van der Waals surface area contributed by atoms with Crippen LogP contribution in [0.1, 0.15) is 30.7 Å². The van der Waals surface area contributed by atoms with E-state index in [1.54, 1.807) is 12.1 Å². The zero-order valence-corrected chi connectivity index (χ0v) is 17.8. The van der Waals surface area contributed by atoms with Crippen LogP contribution >= 0.6 is 23.2 Å². The molecular formula is C18H12Cl2F3N5O4. The summed E-state index contributed by atoms with van der Waals surface area (Å²) in [4.78, 5) is 25.3. The standard InChI is InChI=1S/C18H12Cl2F3N5O4/c1-3-31-16(29)27(17(30)32-4-2)15-10(7-24)13(8-25)26-28(15)14-11(19)5-9(6-12(14)20)18(21,22)23/h5-6H,3-4H2,1-2H3. The van der Waals surface area contributed by atoms with Gasteiger partial charge in [-0.3, -0.25) is 0 Å². The van der Waals surface area contributed by atoms with E-state index in [1.165, 1.54) is 13.8 Å². The average molecular weight is 490 g/mol. The molecule has 0 N–H and O–H groups in total. The highest BCUT2D eigenvalue weighted by atomic mass is 35.5. The van der Waals surface area contributed by atoms with E-state index in [0.717, 1.165) is 0 Å². The molecule has 0 bridgehead atoms. The van der Waals surface area contributed by atoms with E-state index in [4.69, 9.17) is 32.7 Å². The largest absolute Gasteiger partial charge is 0.449 e. The lowest BCUT2D eigenvalue weighted by atomic mass is 10.2. The first kappa shape index (κ1) is 24.8. The molecule has 168 valence electrons. The first-order valence-electron chi connectivity index (χ1n) is 8.65. The number of carbonyl (C=O) groups is 2. The van der Waals surface area contributed by atoms with Crippen LogP contribution in [0.25, 0.3) is 5.69 Å². The van der Waals surface area contributed by atoms with Gasteiger partial charge in [-0.15, -0.1) is 0 Å². The fraction of sp³-hybridized carbons (Fsp3) is 0.278. The predicted octanol–water partition coefficient (Wildman–Crippen LogP) is 5.06. The number of ether oxygens (including phenoxy) is 2. The normalized spacial score (nSPS) is 10.8. The van der Waals surface area contributed by atoms with Crippen molar-refractivity contribution in [3.63, 3.8) is 0 Å². The Labute approximate surface area is 189 Å². The molecule has 0 unspecified atom stereocenters. The zero-order valence-electron chi connectivity index (χ0n) is 16.3. The smallest absolute Gasteiger partial charge is 0.425 e. The lowest BCUT2D eigenvalue weighted by molar-refractivity contribution is -0.137. The van der Waals surface area contributed by atoms with Crippen LogP contribution in [0.4, 0.5) is 28.6 Å². The van der Waals surface area contributed by atoms with Gasteiger partial charge >= 0.3 is 18.4 Å². The Hall–Kier alpha value is -3.48. The predicted molar refractivity (Wildman–Crippen MR) is 105 cm³/mol. The number of benzene rings is 1. The average Bonchev–Trinajstić information content (AvgIpc) is 3.05. The number of nitrogens with zero attached hydrogens (tertiary/aromatic N) is 5. The van der Waals surface area contributed by atoms with Crippen molar-refractivity contribution in [3.8, 4) is 17.8 Å². The summed E-state index contributed by atoms with van der Waals surface area (Å²) in [5, 5.41) is 21.5. The van der Waals surface area contributed by atoms with Gasteiger partial charge in [-0.25, -0.2) is 14.3 Å². The lowest BCUT2D eigenvalue weighted by Crippen LogP contribution is -2.39. The third kappa shape index (κ3) is 4.72. The van der Waals surface area contributed by atoms with Gasteiger partial charge < -0.3 is 9.47 Å². The molecule has 9 nitrogen and oxygen atoms in total. The number of alkyl halides is 3. The molecule has 1 aromatic carbocycles. The van der Waals surface area contributed by atoms with Crippen LogP contribution in [0.15, 0.2) is 12.1 Å². The first-order chi connectivity index (χ1) is 15.0. The molecule has 0 atom stereocenters. The molecule has 0 saturated heterocycles. The van der Waals surface area contributed by atoms with Crippen molar-refractivity contribution in [1.82, 2.24) is 9.78 Å². The van der Waals surface area contributed by atoms with Gasteiger partial charge in [-0.05, 0) is 26.0 Å². The first-order valence-corrected chi connectivity index (χ1v) is 9.40. The third-order valence-corrected chi connectivity index (χ3v) is 4.32. The van der Waals surface area contributed by atoms with Gasteiger partial charge in [0.1, 0.15) is 23.4 Å². The Morgan fingerprint density at radius 3 is 1.97 bits per heavy atom. The minimum atomic E-state index is -4.78. The van der Waals surface area contributed by atoms with Crippen molar-refractivity contribution in [2.24, 2.45) is 0 Å². The van der Waals surface area contributed by atoms with Crippen molar-refractivity contribution in [2.45, 2.75) is 20.0 Å². The number of imide groups is 1. The minimum absolute atomic E-state index is 0.183. The second kappa shape index (κ2) is 9.77. The van der Waals surface area contributed by atoms with Crippen molar-refractivity contribution >= 4 is 41.2 Å². The Morgan fingerprint density at radius 1 is 1.09 bits per heavy atom. The summed E-state index contributed by atoms with van der Waals surface area (Å²) in [7, 11) is 0. The Bertz CT molecular complexity index is 1110. The number of carbonyl (C=O) groups excluding carboxylic acids is 2. The van der Waals surface area contributed by atoms with Gasteiger partial charge in [0.15, 0.2) is 11.5 Å². The summed E-state index contributed by atoms with van der Waals surface area (Å²) in [6.07, 6.45) is -7.38. The molecule has 2 aromatic rings. The van der Waals surface area contributed by atoms with E-state index < -0.39 is 56.7 Å². The van der Waals surface area contributed by atoms with Crippen LogP contribution in [-0.2, 0) is 15.7 Å². The summed E-state index contributed by atoms with van der Waals surface area (Å²) >= 11 is 12.0. The van der Waals surface area contributed by atoms with Gasteiger partial charge in [0.2, 0.25) is 0 Å². The number of hydrogen-bond acceptors (Lipinski definition) is 7. The topological polar surface area (TPSA) is 121 Å². The fourth-order valence-corrected chi connectivity index (χ4v) is 3.16. The summed E-state index contributed by atoms with van der Waals surface area (Å²) in [5.41, 5.74) is -2.74. The maximum atomic E-state index is 13.1. The van der Waals surface area contributed by atoms with Crippen LogP contribution in [0.3, 0.4) is 0 Å².